The Morgan fingerprint density at radius 2 is 1.94 bits per heavy atom. The van der Waals surface area contributed by atoms with E-state index in [1.54, 1.807) is 13.1 Å². The van der Waals surface area contributed by atoms with Crippen LogP contribution in [-0.2, 0) is 20.9 Å². The maximum absolute atomic E-state index is 14.4. The summed E-state index contributed by atoms with van der Waals surface area (Å²) < 4.78 is 40.1. The number of halogens is 1. The number of pyridine rings is 1. The number of aromatic nitrogens is 2. The summed E-state index contributed by atoms with van der Waals surface area (Å²) in [6, 6.07) is 4.55. The summed E-state index contributed by atoms with van der Waals surface area (Å²) in [5, 5.41) is 0.938. The Balaban J connectivity index is 1.47. The first kappa shape index (κ1) is 25.4. The predicted molar refractivity (Wildman–Crippen MR) is 143 cm³/mol. The van der Waals surface area contributed by atoms with Gasteiger partial charge < -0.3 is 14.2 Å². The molecule has 194 valence electrons. The molecule has 2 saturated heterocycles. The van der Waals surface area contributed by atoms with Crippen LogP contribution in [0.3, 0.4) is 0 Å². The molecule has 0 bridgehead atoms. The molecule has 0 aliphatic carbocycles. The van der Waals surface area contributed by atoms with Crippen molar-refractivity contribution in [1.29, 1.82) is 0 Å². The topological polar surface area (TPSA) is 59.7 Å². The standard InChI is InChI=1S/C28H37FN4O2S/c1-19(2)36(34,30-4)27-12-24(29)5-6-25(27)33-18-23(28-20(3)13-31-14-26(28)33)11-22-16-32(17-22)15-21-7-9-35-10-8-21/h5-6,12-14,18-19,21-22H,7-11,15-17H2,1-4H3. The SMILES string of the molecule is CN=S(=O)(c1cc(F)ccc1-n1cc(CC2CN(CC3CCOCC3)C2)c2c(C)cncc21)C(C)C. The zero-order chi connectivity index (χ0) is 25.4. The van der Waals surface area contributed by atoms with Gasteiger partial charge in [0.25, 0.3) is 0 Å². The van der Waals surface area contributed by atoms with E-state index in [1.165, 1.54) is 42.5 Å². The third-order valence-electron chi connectivity index (χ3n) is 7.79. The number of likely N-dealkylation sites (tertiary alicyclic amines) is 1. The molecule has 0 N–H and O–H groups in total. The molecule has 0 amide bonds. The summed E-state index contributed by atoms with van der Waals surface area (Å²) in [5.74, 6) is 0.956. The van der Waals surface area contributed by atoms with Crippen molar-refractivity contribution in [2.45, 2.75) is 50.2 Å². The highest BCUT2D eigenvalue weighted by Crippen LogP contribution is 2.35. The third kappa shape index (κ3) is 4.71. The van der Waals surface area contributed by atoms with Gasteiger partial charge in [-0.05, 0) is 81.2 Å². The highest BCUT2D eigenvalue weighted by molar-refractivity contribution is 7.94. The predicted octanol–water partition coefficient (Wildman–Crippen LogP) is 5.24. The van der Waals surface area contributed by atoms with Gasteiger partial charge in [-0.15, -0.1) is 0 Å². The molecule has 1 aromatic carbocycles. The number of fused-ring (bicyclic) bond motifs is 1. The van der Waals surface area contributed by atoms with Crippen molar-refractivity contribution in [2.75, 3.05) is 39.9 Å². The van der Waals surface area contributed by atoms with E-state index in [2.05, 4.69) is 27.4 Å². The Morgan fingerprint density at radius 3 is 2.64 bits per heavy atom. The molecule has 36 heavy (non-hydrogen) atoms. The third-order valence-corrected chi connectivity index (χ3v) is 10.6. The summed E-state index contributed by atoms with van der Waals surface area (Å²) in [7, 11) is -1.24. The minimum Gasteiger partial charge on any atom is -0.381 e. The molecule has 0 saturated carbocycles. The largest absolute Gasteiger partial charge is 0.381 e. The molecular weight excluding hydrogens is 475 g/mol. The summed E-state index contributed by atoms with van der Waals surface area (Å²) in [5.41, 5.74) is 4.05. The molecule has 0 spiro atoms. The van der Waals surface area contributed by atoms with Gasteiger partial charge in [0.1, 0.15) is 5.82 Å². The van der Waals surface area contributed by atoms with E-state index in [0.29, 0.717) is 16.5 Å². The highest BCUT2D eigenvalue weighted by atomic mass is 32.2. The first-order chi connectivity index (χ1) is 17.3. The summed E-state index contributed by atoms with van der Waals surface area (Å²) in [6.07, 6.45) is 9.23. The van der Waals surface area contributed by atoms with Crippen LogP contribution in [0.4, 0.5) is 4.39 Å². The summed E-state index contributed by atoms with van der Waals surface area (Å²) in [4.78, 5) is 7.48. The minimum absolute atomic E-state index is 0.249. The van der Waals surface area contributed by atoms with E-state index in [0.717, 1.165) is 49.7 Å². The number of ether oxygens (including phenoxy) is 1. The Hall–Kier alpha value is -2.29. The maximum Gasteiger partial charge on any atom is 0.124 e. The van der Waals surface area contributed by atoms with Gasteiger partial charge in [-0.1, -0.05) is 0 Å². The van der Waals surface area contributed by atoms with Crippen molar-refractivity contribution in [3.8, 4) is 5.69 Å². The minimum atomic E-state index is -2.80. The maximum atomic E-state index is 14.4. The smallest absolute Gasteiger partial charge is 0.124 e. The van der Waals surface area contributed by atoms with E-state index < -0.39 is 15.5 Å². The average Bonchev–Trinajstić information content (AvgIpc) is 3.22. The van der Waals surface area contributed by atoms with Gasteiger partial charge in [-0.3, -0.25) is 4.98 Å². The summed E-state index contributed by atoms with van der Waals surface area (Å²) >= 11 is 0. The van der Waals surface area contributed by atoms with E-state index in [1.807, 2.05) is 30.8 Å². The van der Waals surface area contributed by atoms with Crippen molar-refractivity contribution in [3.05, 3.63) is 53.7 Å². The van der Waals surface area contributed by atoms with E-state index in [9.17, 15) is 8.60 Å². The highest BCUT2D eigenvalue weighted by Gasteiger charge is 2.31. The van der Waals surface area contributed by atoms with Gasteiger partial charge in [-0.25, -0.2) is 13.0 Å². The fraction of sp³-hybridized carbons (Fsp3) is 0.536. The number of hydrogen-bond donors (Lipinski definition) is 0. The van der Waals surface area contributed by atoms with Gasteiger partial charge in [0.15, 0.2) is 0 Å². The van der Waals surface area contributed by atoms with Crippen molar-refractivity contribution in [1.82, 2.24) is 14.5 Å². The van der Waals surface area contributed by atoms with Crippen LogP contribution in [-0.4, -0.2) is 63.8 Å². The quantitative estimate of drug-likeness (QED) is 0.435. The lowest BCUT2D eigenvalue weighted by atomic mass is 9.89. The normalized spacial score (nSPS) is 19.5. The van der Waals surface area contributed by atoms with Gasteiger partial charge in [0.2, 0.25) is 0 Å². The van der Waals surface area contributed by atoms with Gasteiger partial charge in [0.05, 0.1) is 32.0 Å². The Bertz CT molecular complexity index is 1360. The Morgan fingerprint density at radius 1 is 1.19 bits per heavy atom. The van der Waals surface area contributed by atoms with Crippen LogP contribution >= 0.6 is 0 Å². The first-order valence-electron chi connectivity index (χ1n) is 13.0. The molecule has 4 heterocycles. The molecule has 0 radical (unpaired) electrons. The van der Waals surface area contributed by atoms with Crippen LogP contribution in [0, 0.1) is 24.6 Å². The van der Waals surface area contributed by atoms with Gasteiger partial charge in [-0.2, -0.15) is 0 Å². The second-order valence-corrected chi connectivity index (χ2v) is 13.5. The second-order valence-electron chi connectivity index (χ2n) is 10.6. The lowest BCUT2D eigenvalue weighted by molar-refractivity contribution is 0.0254. The molecular formula is C28H37FN4O2S. The van der Waals surface area contributed by atoms with E-state index >= 15 is 0 Å². The van der Waals surface area contributed by atoms with Crippen LogP contribution in [0.2, 0.25) is 0 Å². The van der Waals surface area contributed by atoms with Crippen LogP contribution in [0.25, 0.3) is 16.6 Å². The first-order valence-corrected chi connectivity index (χ1v) is 14.6. The molecule has 5 rings (SSSR count). The number of rotatable bonds is 7. The number of aryl methyl sites for hydroxylation is 1. The van der Waals surface area contributed by atoms with Crippen LogP contribution in [0.15, 0.2) is 46.0 Å². The second kappa shape index (κ2) is 10.2. The lowest BCUT2D eigenvalue weighted by Gasteiger charge is -2.42. The monoisotopic (exact) mass is 512 g/mol. The number of benzene rings is 1. The van der Waals surface area contributed by atoms with E-state index in [4.69, 9.17) is 4.74 Å². The summed E-state index contributed by atoms with van der Waals surface area (Å²) in [6.45, 7) is 11.0. The lowest BCUT2D eigenvalue weighted by Crippen LogP contribution is -2.49. The van der Waals surface area contributed by atoms with Gasteiger partial charge in [0, 0.05) is 62.9 Å². The molecule has 2 aliphatic rings. The molecule has 6 nitrogen and oxygen atoms in total. The zero-order valence-electron chi connectivity index (χ0n) is 21.7. The van der Waals surface area contributed by atoms with Crippen LogP contribution in [0.1, 0.15) is 37.8 Å². The van der Waals surface area contributed by atoms with Crippen molar-refractivity contribution in [2.24, 2.45) is 16.2 Å². The van der Waals surface area contributed by atoms with Crippen molar-refractivity contribution >= 4 is 20.6 Å². The fourth-order valence-corrected chi connectivity index (χ4v) is 7.71. The van der Waals surface area contributed by atoms with Crippen LogP contribution in [0.5, 0.6) is 0 Å². The average molecular weight is 513 g/mol. The van der Waals surface area contributed by atoms with Crippen LogP contribution < -0.4 is 0 Å². The number of nitrogens with zero attached hydrogens (tertiary/aromatic N) is 4. The van der Waals surface area contributed by atoms with Crippen molar-refractivity contribution < 1.29 is 13.3 Å². The van der Waals surface area contributed by atoms with Gasteiger partial charge >= 0.3 is 0 Å². The molecule has 2 aliphatic heterocycles. The molecule has 8 heteroatoms. The Kier molecular flexibility index (Phi) is 7.21. The van der Waals surface area contributed by atoms with E-state index in [-0.39, 0.29) is 5.25 Å². The van der Waals surface area contributed by atoms with Crippen molar-refractivity contribution in [3.63, 3.8) is 0 Å². The number of hydrogen-bond acceptors (Lipinski definition) is 5. The molecule has 2 fully saturated rings. The zero-order valence-corrected chi connectivity index (χ0v) is 22.6. The molecule has 2 aromatic heterocycles. The fourth-order valence-electron chi connectivity index (χ4n) is 5.84. The molecule has 1 atom stereocenters. The molecule has 3 aromatic rings. The Labute approximate surface area is 214 Å². The molecule has 1 unspecified atom stereocenters.